The van der Waals surface area contributed by atoms with Crippen molar-refractivity contribution in [2.24, 2.45) is 11.8 Å². The third-order valence-corrected chi connectivity index (χ3v) is 14.6. The number of anilines is 1. The van der Waals surface area contributed by atoms with Gasteiger partial charge in [0.15, 0.2) is 0 Å². The molecule has 2 aromatic heterocycles. The van der Waals surface area contributed by atoms with Crippen molar-refractivity contribution in [3.63, 3.8) is 0 Å². The van der Waals surface area contributed by atoms with Crippen molar-refractivity contribution in [3.8, 4) is 0 Å². The number of imidazole rings is 2. The van der Waals surface area contributed by atoms with Gasteiger partial charge in [-0.05, 0) is 135 Å². The summed E-state index contributed by atoms with van der Waals surface area (Å²) in [6, 6.07) is 20.6. The number of hydrogen-bond donors (Lipinski definition) is 4. The summed E-state index contributed by atoms with van der Waals surface area (Å²) >= 11 is 0. The third-order valence-electron chi connectivity index (χ3n) is 14.6. The number of hydrogen-bond acceptors (Lipinski definition) is 9. The largest absolute Gasteiger partial charge is 0.453 e. The molecule has 0 unspecified atom stereocenters. The van der Waals surface area contributed by atoms with E-state index in [9.17, 15) is 19.2 Å². The lowest BCUT2D eigenvalue weighted by Gasteiger charge is -2.34. The van der Waals surface area contributed by atoms with Crippen LogP contribution in [-0.2, 0) is 24.5 Å². The summed E-state index contributed by atoms with van der Waals surface area (Å²) < 4.78 is 9.72. The summed E-state index contributed by atoms with van der Waals surface area (Å²) in [6.45, 7) is 7.95. The molecule has 15 nitrogen and oxygen atoms in total. The van der Waals surface area contributed by atoms with E-state index in [0.29, 0.717) is 13.1 Å². The van der Waals surface area contributed by atoms with Crippen LogP contribution in [0, 0.1) is 11.8 Å². The highest BCUT2D eigenvalue weighted by molar-refractivity contribution is 5.88. The van der Waals surface area contributed by atoms with Crippen LogP contribution in [0.1, 0.15) is 137 Å². The van der Waals surface area contributed by atoms with Gasteiger partial charge in [0.05, 0.1) is 60.5 Å². The Labute approximate surface area is 379 Å². The number of fused-ring (bicyclic) bond motifs is 2. The fourth-order valence-electron chi connectivity index (χ4n) is 10.8. The van der Waals surface area contributed by atoms with Crippen LogP contribution in [0.25, 0.3) is 22.1 Å². The second-order valence-corrected chi connectivity index (χ2v) is 19.9. The van der Waals surface area contributed by atoms with Crippen molar-refractivity contribution in [1.29, 1.82) is 0 Å². The summed E-state index contributed by atoms with van der Waals surface area (Å²) in [4.78, 5) is 75.9. The minimum Gasteiger partial charge on any atom is -0.453 e. The maximum atomic E-state index is 13.9. The standard InChI is InChI=1S/C50H61N9O6/c1-50(2,3)32-16-18-33(19-17-32)59-38(30-14-20-34-36(26-30)53-44(51-34)40-8-6-24-57(40)46(60)42(28-10-11-28)55-48(62)64-4)22-23-39(59)31-15-21-35-37(27-31)54-45(52-35)41-9-7-25-58(41)47(61)43(29-12-13-29)56-49(63)65-5/h14-21,26-29,38-43H,6-13,22-25H2,1-5H3,(H,51,53)(H,52,54)(H,55,62)(H,56,63)/t38-,39-,40+,41+,42+,43+/m1/s1. The number of alkyl carbamates (subject to hydrolysis) is 2. The van der Waals surface area contributed by atoms with Crippen molar-refractivity contribution < 1.29 is 28.7 Å². The van der Waals surface area contributed by atoms with E-state index in [4.69, 9.17) is 19.4 Å². The first-order chi connectivity index (χ1) is 31.4. The Kier molecular flexibility index (Phi) is 11.2. The molecule has 0 radical (unpaired) electrons. The molecule has 0 spiro atoms. The predicted octanol–water partition coefficient (Wildman–Crippen LogP) is 8.42. The quantitative estimate of drug-likeness (QED) is 0.101. The first kappa shape index (κ1) is 42.8. The summed E-state index contributed by atoms with van der Waals surface area (Å²) in [5.41, 5.74) is 8.40. The van der Waals surface area contributed by atoms with E-state index >= 15 is 0 Å². The number of rotatable bonds is 11. The number of nitrogens with one attached hydrogen (secondary N) is 4. The number of benzene rings is 3. The number of H-pyrrole nitrogens is 2. The monoisotopic (exact) mass is 883 g/mol. The number of carbonyl (C=O) groups excluding carboxylic acids is 4. The smallest absolute Gasteiger partial charge is 0.407 e. The number of amides is 4. The van der Waals surface area contributed by atoms with Gasteiger partial charge >= 0.3 is 12.2 Å². The van der Waals surface area contributed by atoms with Crippen LogP contribution in [0.5, 0.6) is 0 Å². The average molecular weight is 884 g/mol. The first-order valence-corrected chi connectivity index (χ1v) is 23.6. The lowest BCUT2D eigenvalue weighted by atomic mass is 9.87. The normalized spacial score (nSPS) is 23.2. The highest BCUT2D eigenvalue weighted by atomic mass is 16.5. The van der Waals surface area contributed by atoms with Gasteiger partial charge in [0.25, 0.3) is 0 Å². The minimum atomic E-state index is -0.593. The van der Waals surface area contributed by atoms with Crippen LogP contribution in [0.2, 0.25) is 0 Å². The molecule has 5 aromatic rings. The Morgan fingerprint density at radius 3 is 1.46 bits per heavy atom. The van der Waals surface area contributed by atoms with Gasteiger partial charge in [0, 0.05) is 18.8 Å². The van der Waals surface area contributed by atoms with Crippen LogP contribution in [0.4, 0.5) is 15.3 Å². The molecule has 342 valence electrons. The lowest BCUT2D eigenvalue weighted by Crippen LogP contribution is -2.49. The van der Waals surface area contributed by atoms with Crippen molar-refractivity contribution in [2.75, 3.05) is 32.2 Å². The first-order valence-electron chi connectivity index (χ1n) is 23.6. The highest BCUT2D eigenvalue weighted by Gasteiger charge is 2.45. The third kappa shape index (κ3) is 8.38. The number of methoxy groups -OCH3 is 2. The van der Waals surface area contributed by atoms with Gasteiger partial charge in [-0.2, -0.15) is 0 Å². The lowest BCUT2D eigenvalue weighted by molar-refractivity contribution is -0.135. The molecule has 2 saturated carbocycles. The van der Waals surface area contributed by atoms with E-state index in [0.717, 1.165) is 104 Å². The second-order valence-electron chi connectivity index (χ2n) is 19.9. The zero-order chi connectivity index (χ0) is 45.1. The van der Waals surface area contributed by atoms with E-state index in [1.165, 1.54) is 30.9 Å². The van der Waals surface area contributed by atoms with E-state index in [2.05, 4.69) is 107 Å². The second kappa shape index (κ2) is 17.0. The molecule has 15 heteroatoms. The molecule has 3 saturated heterocycles. The average Bonchev–Trinajstić information content (AvgIpc) is 3.95. The number of ether oxygens (including phenoxy) is 2. The number of aromatic nitrogens is 4. The molecule has 0 bridgehead atoms. The fourth-order valence-corrected chi connectivity index (χ4v) is 10.8. The number of aromatic amines is 2. The molecule has 5 heterocycles. The Morgan fingerprint density at radius 2 is 1.06 bits per heavy atom. The molecule has 2 aliphatic carbocycles. The molecule has 65 heavy (non-hydrogen) atoms. The van der Waals surface area contributed by atoms with Gasteiger partial charge in [0.1, 0.15) is 23.7 Å². The van der Waals surface area contributed by atoms with Gasteiger partial charge in [0.2, 0.25) is 11.8 Å². The maximum absolute atomic E-state index is 13.9. The topological polar surface area (TPSA) is 178 Å². The van der Waals surface area contributed by atoms with E-state index in [1.54, 1.807) is 0 Å². The predicted molar refractivity (Wildman–Crippen MR) is 246 cm³/mol. The SMILES string of the molecule is COC(=O)N[C@H](C(=O)N1CCC[C@H]1c1nc2ccc([C@H]3CC[C@H](c4ccc5nc([C@@H]6CCCN6C(=O)[C@@H](NC(=O)OC)C6CC6)[nH]c5c4)N3c3ccc(C(C)(C)C)cc3)cc2[nH]1)C1CC1. The summed E-state index contributed by atoms with van der Waals surface area (Å²) in [5, 5.41) is 5.61. The van der Waals surface area contributed by atoms with E-state index < -0.39 is 24.3 Å². The minimum absolute atomic E-state index is 0.0153. The Balaban J connectivity index is 0.931. The molecule has 4 N–H and O–H groups in total. The van der Waals surface area contributed by atoms with Gasteiger partial charge in [-0.15, -0.1) is 0 Å². The van der Waals surface area contributed by atoms with Crippen LogP contribution in [-0.4, -0.2) is 93.1 Å². The number of likely N-dealkylation sites (tertiary alicyclic amines) is 2. The molecular formula is C50H61N9O6. The molecule has 5 aliphatic rings. The maximum Gasteiger partial charge on any atom is 0.407 e. The Bertz CT molecular complexity index is 2460. The number of carbonyl (C=O) groups is 4. The van der Waals surface area contributed by atoms with Crippen molar-refractivity contribution >= 4 is 51.8 Å². The van der Waals surface area contributed by atoms with Crippen LogP contribution < -0.4 is 15.5 Å². The van der Waals surface area contributed by atoms with Crippen molar-refractivity contribution in [1.82, 2.24) is 40.4 Å². The van der Waals surface area contributed by atoms with Gasteiger partial charge in [-0.25, -0.2) is 19.6 Å². The van der Waals surface area contributed by atoms with Crippen molar-refractivity contribution in [3.05, 3.63) is 89.0 Å². The Hall–Kier alpha value is -6.12. The Morgan fingerprint density at radius 1 is 0.615 bits per heavy atom. The molecule has 3 aromatic carbocycles. The molecule has 4 amide bonds. The highest BCUT2D eigenvalue weighted by Crippen LogP contribution is 2.48. The van der Waals surface area contributed by atoms with E-state index in [1.807, 2.05) is 9.80 Å². The molecule has 6 atom stereocenters. The van der Waals surface area contributed by atoms with Gasteiger partial charge in [-0.1, -0.05) is 45.0 Å². The molecule has 10 rings (SSSR count). The van der Waals surface area contributed by atoms with E-state index in [-0.39, 0.29) is 53.2 Å². The summed E-state index contributed by atoms with van der Waals surface area (Å²) in [5.74, 6) is 1.66. The van der Waals surface area contributed by atoms with Crippen LogP contribution in [0.3, 0.4) is 0 Å². The van der Waals surface area contributed by atoms with Gasteiger partial charge in [-0.3, -0.25) is 9.59 Å². The molecular weight excluding hydrogens is 823 g/mol. The summed E-state index contributed by atoms with van der Waals surface area (Å²) in [6.07, 6.45) is 7.67. The molecule has 5 fully saturated rings. The van der Waals surface area contributed by atoms with Crippen molar-refractivity contribution in [2.45, 2.75) is 127 Å². The zero-order valence-electron chi connectivity index (χ0n) is 38.1. The van der Waals surface area contributed by atoms with Crippen LogP contribution >= 0.6 is 0 Å². The zero-order valence-corrected chi connectivity index (χ0v) is 38.1. The molecule has 3 aliphatic heterocycles. The van der Waals surface area contributed by atoms with Gasteiger partial charge < -0.3 is 44.8 Å². The number of nitrogens with zero attached hydrogens (tertiary/aromatic N) is 5. The summed E-state index contributed by atoms with van der Waals surface area (Å²) in [7, 11) is 2.65. The fraction of sp³-hybridized carbons (Fsp3) is 0.520. The van der Waals surface area contributed by atoms with Crippen LogP contribution in [0.15, 0.2) is 60.7 Å².